The molecule has 0 unspecified atom stereocenters. The van der Waals surface area contributed by atoms with Crippen molar-refractivity contribution < 1.29 is 14.3 Å². The third kappa shape index (κ3) is 1.10. The Morgan fingerprint density at radius 2 is 2.42 bits per heavy atom. The van der Waals surface area contributed by atoms with Crippen LogP contribution in [0, 0.1) is 0 Å². The molecule has 1 aliphatic heterocycles. The molecular weight excluding hydrogens is 158 g/mol. The van der Waals surface area contributed by atoms with Crippen LogP contribution >= 0.6 is 0 Å². The van der Waals surface area contributed by atoms with E-state index in [2.05, 4.69) is 5.32 Å². The second-order valence-electron chi connectivity index (χ2n) is 2.80. The highest BCUT2D eigenvalue weighted by atomic mass is 16.4. The molecule has 0 bridgehead atoms. The van der Waals surface area contributed by atoms with Gasteiger partial charge in [0.2, 0.25) is 5.76 Å². The number of aromatic carboxylic acids is 1. The Labute approximate surface area is 69.2 Å². The van der Waals surface area contributed by atoms with Crippen LogP contribution in [-0.2, 0) is 0 Å². The first-order valence-corrected chi connectivity index (χ1v) is 3.84. The third-order valence-electron chi connectivity index (χ3n) is 2.00. The van der Waals surface area contributed by atoms with Crippen LogP contribution in [0.2, 0.25) is 0 Å². The Kier molecular flexibility index (Phi) is 1.62. The van der Waals surface area contributed by atoms with Crippen LogP contribution in [0.1, 0.15) is 28.8 Å². The summed E-state index contributed by atoms with van der Waals surface area (Å²) in [5.41, 5.74) is 0. The number of rotatable bonds is 2. The Bertz CT molecular complexity index is 301. The van der Waals surface area contributed by atoms with Crippen LogP contribution in [0.25, 0.3) is 0 Å². The van der Waals surface area contributed by atoms with Gasteiger partial charge in [-0.05, 0) is 25.1 Å². The molecule has 1 atom stereocenters. The van der Waals surface area contributed by atoms with Crippen molar-refractivity contribution in [3.8, 4) is 0 Å². The van der Waals surface area contributed by atoms with Crippen LogP contribution < -0.4 is 5.32 Å². The maximum Gasteiger partial charge on any atom is 0.371 e. The zero-order chi connectivity index (χ0) is 8.55. The van der Waals surface area contributed by atoms with E-state index in [0.717, 1.165) is 18.7 Å². The minimum absolute atomic E-state index is 0.0127. The van der Waals surface area contributed by atoms with Crippen LogP contribution in [0.3, 0.4) is 0 Å². The molecule has 0 amide bonds. The maximum absolute atomic E-state index is 10.4. The molecule has 0 radical (unpaired) electrons. The summed E-state index contributed by atoms with van der Waals surface area (Å²) in [5, 5.41) is 11.7. The molecular formula is C8H9NO3. The average molecular weight is 167 g/mol. The molecule has 64 valence electrons. The van der Waals surface area contributed by atoms with Gasteiger partial charge in [0.1, 0.15) is 5.76 Å². The fourth-order valence-corrected chi connectivity index (χ4v) is 1.19. The van der Waals surface area contributed by atoms with Crippen LogP contribution in [0.15, 0.2) is 16.5 Å². The highest BCUT2D eigenvalue weighted by molar-refractivity contribution is 5.84. The van der Waals surface area contributed by atoms with Crippen molar-refractivity contribution in [2.24, 2.45) is 0 Å². The molecule has 1 saturated heterocycles. The minimum atomic E-state index is -1.01. The maximum atomic E-state index is 10.4. The number of hydrogen-bond acceptors (Lipinski definition) is 3. The van der Waals surface area contributed by atoms with Gasteiger partial charge in [-0.15, -0.1) is 0 Å². The van der Waals surface area contributed by atoms with Crippen molar-refractivity contribution in [2.45, 2.75) is 12.5 Å². The molecule has 1 aromatic heterocycles. The van der Waals surface area contributed by atoms with Gasteiger partial charge in [0.25, 0.3) is 0 Å². The summed E-state index contributed by atoms with van der Waals surface area (Å²) < 4.78 is 5.09. The number of carboxylic acids is 1. The number of nitrogens with one attached hydrogen (secondary N) is 1. The smallest absolute Gasteiger partial charge is 0.371 e. The normalized spacial score (nSPS) is 21.8. The lowest BCUT2D eigenvalue weighted by Crippen LogP contribution is -2.34. The molecule has 2 N–H and O–H groups in total. The summed E-state index contributed by atoms with van der Waals surface area (Å²) in [4.78, 5) is 10.4. The fourth-order valence-electron chi connectivity index (χ4n) is 1.19. The Morgan fingerprint density at radius 3 is 2.83 bits per heavy atom. The topological polar surface area (TPSA) is 62.5 Å². The van der Waals surface area contributed by atoms with Gasteiger partial charge >= 0.3 is 5.97 Å². The number of furan rings is 1. The van der Waals surface area contributed by atoms with E-state index in [1.807, 2.05) is 0 Å². The third-order valence-corrected chi connectivity index (χ3v) is 2.00. The standard InChI is InChI=1S/C8H9NO3/c10-8(11)7-2-1-6(12-7)5-3-4-9-5/h1-2,5,9H,3-4H2,(H,10,11)/t5-/m1/s1. The lowest BCUT2D eigenvalue weighted by atomic mass is 10.1. The van der Waals surface area contributed by atoms with E-state index in [9.17, 15) is 4.79 Å². The number of carboxylic acid groups (broad SMARTS) is 1. The predicted octanol–water partition coefficient (Wildman–Crippen LogP) is 1.01. The van der Waals surface area contributed by atoms with Crippen molar-refractivity contribution in [1.29, 1.82) is 0 Å². The van der Waals surface area contributed by atoms with Crippen molar-refractivity contribution in [3.63, 3.8) is 0 Å². The Morgan fingerprint density at radius 1 is 1.67 bits per heavy atom. The lowest BCUT2D eigenvalue weighted by Gasteiger charge is -2.25. The molecule has 12 heavy (non-hydrogen) atoms. The largest absolute Gasteiger partial charge is 0.475 e. The number of hydrogen-bond donors (Lipinski definition) is 2. The molecule has 2 rings (SSSR count). The molecule has 4 heteroatoms. The van der Waals surface area contributed by atoms with E-state index < -0.39 is 5.97 Å². The van der Waals surface area contributed by atoms with E-state index in [-0.39, 0.29) is 11.8 Å². The van der Waals surface area contributed by atoms with Crippen LogP contribution in [0.5, 0.6) is 0 Å². The molecule has 0 aromatic carbocycles. The Balaban J connectivity index is 2.17. The fraction of sp³-hybridized carbons (Fsp3) is 0.375. The van der Waals surface area contributed by atoms with Gasteiger partial charge in [0.05, 0.1) is 6.04 Å². The van der Waals surface area contributed by atoms with Crippen molar-refractivity contribution in [3.05, 3.63) is 23.7 Å². The van der Waals surface area contributed by atoms with E-state index in [4.69, 9.17) is 9.52 Å². The lowest BCUT2D eigenvalue weighted by molar-refractivity contribution is 0.0658. The van der Waals surface area contributed by atoms with E-state index >= 15 is 0 Å². The van der Waals surface area contributed by atoms with E-state index in [0.29, 0.717) is 0 Å². The quantitative estimate of drug-likeness (QED) is 0.690. The highest BCUT2D eigenvalue weighted by Gasteiger charge is 2.22. The van der Waals surface area contributed by atoms with Gasteiger partial charge in [-0.25, -0.2) is 4.79 Å². The summed E-state index contributed by atoms with van der Waals surface area (Å²) in [6.07, 6.45) is 1.02. The van der Waals surface area contributed by atoms with Gasteiger partial charge in [0, 0.05) is 0 Å². The first kappa shape index (κ1) is 7.36. The van der Waals surface area contributed by atoms with Gasteiger partial charge in [-0.2, -0.15) is 0 Å². The minimum Gasteiger partial charge on any atom is -0.475 e. The SMILES string of the molecule is O=C(O)c1ccc([C@H]2CCN2)o1. The van der Waals surface area contributed by atoms with Crippen molar-refractivity contribution in [1.82, 2.24) is 5.32 Å². The molecule has 0 saturated carbocycles. The summed E-state index contributed by atoms with van der Waals surface area (Å²) in [7, 11) is 0. The zero-order valence-electron chi connectivity index (χ0n) is 6.41. The van der Waals surface area contributed by atoms with Crippen molar-refractivity contribution >= 4 is 5.97 Å². The molecule has 1 fully saturated rings. The van der Waals surface area contributed by atoms with Crippen molar-refractivity contribution in [2.75, 3.05) is 6.54 Å². The summed E-state index contributed by atoms with van der Waals surface area (Å²) in [6, 6.07) is 3.41. The highest BCUT2D eigenvalue weighted by Crippen LogP contribution is 2.24. The molecule has 1 aliphatic rings. The monoisotopic (exact) mass is 167 g/mol. The molecule has 2 heterocycles. The van der Waals surface area contributed by atoms with Gasteiger partial charge in [0.15, 0.2) is 0 Å². The van der Waals surface area contributed by atoms with Crippen LogP contribution in [0.4, 0.5) is 0 Å². The molecule has 4 nitrogen and oxygen atoms in total. The van der Waals surface area contributed by atoms with Gasteiger partial charge < -0.3 is 14.8 Å². The Hall–Kier alpha value is -1.29. The van der Waals surface area contributed by atoms with E-state index in [1.165, 1.54) is 6.07 Å². The molecule has 1 aromatic rings. The summed E-state index contributed by atoms with van der Waals surface area (Å²) in [5.74, 6) is -0.280. The first-order valence-electron chi connectivity index (χ1n) is 3.84. The molecule has 0 aliphatic carbocycles. The predicted molar refractivity (Wildman–Crippen MR) is 41.0 cm³/mol. The zero-order valence-corrected chi connectivity index (χ0v) is 6.41. The first-order chi connectivity index (χ1) is 5.77. The van der Waals surface area contributed by atoms with E-state index in [1.54, 1.807) is 6.07 Å². The van der Waals surface area contributed by atoms with Gasteiger partial charge in [-0.1, -0.05) is 0 Å². The second kappa shape index (κ2) is 2.64. The van der Waals surface area contributed by atoms with Crippen LogP contribution in [-0.4, -0.2) is 17.6 Å². The summed E-state index contributed by atoms with van der Waals surface area (Å²) in [6.45, 7) is 0.980. The molecule has 0 spiro atoms. The average Bonchev–Trinajstić information content (AvgIpc) is 2.32. The summed E-state index contributed by atoms with van der Waals surface area (Å²) >= 11 is 0. The number of carbonyl (C=O) groups is 1. The van der Waals surface area contributed by atoms with Gasteiger partial charge in [-0.3, -0.25) is 0 Å². The second-order valence-corrected chi connectivity index (χ2v) is 2.80.